The van der Waals surface area contributed by atoms with Gasteiger partial charge in [-0.1, -0.05) is 12.8 Å². The highest BCUT2D eigenvalue weighted by Crippen LogP contribution is 2.43. The molecular weight excluding hydrogens is 240 g/mol. The van der Waals surface area contributed by atoms with Gasteiger partial charge in [-0.3, -0.25) is 0 Å². The first-order valence-electron chi connectivity index (χ1n) is 7.62. The number of piperidine rings is 1. The summed E-state index contributed by atoms with van der Waals surface area (Å²) >= 11 is 0. The zero-order chi connectivity index (χ0) is 13.9. The molecule has 0 unspecified atom stereocenters. The second kappa shape index (κ2) is 5.70. The molecule has 0 bridgehead atoms. The number of alkyl carbamates (subject to hydrolysis) is 1. The lowest BCUT2D eigenvalue weighted by atomic mass is 9.65. The molecule has 4 nitrogen and oxygen atoms in total. The maximum atomic E-state index is 12.0. The SMILES string of the molecule is CC(C)(C)OC(=O)N[C@H]1CCCCC12CCNCC2. The Labute approximate surface area is 116 Å². The summed E-state index contributed by atoms with van der Waals surface area (Å²) < 4.78 is 5.41. The molecule has 19 heavy (non-hydrogen) atoms. The molecule has 2 rings (SSSR count). The molecule has 1 amide bonds. The molecular formula is C15H28N2O2. The lowest BCUT2D eigenvalue weighted by molar-refractivity contribution is 0.0317. The second-order valence-corrected chi connectivity index (χ2v) is 7.06. The van der Waals surface area contributed by atoms with Crippen molar-refractivity contribution in [2.75, 3.05) is 13.1 Å². The molecule has 1 aliphatic heterocycles. The van der Waals surface area contributed by atoms with Gasteiger partial charge in [0, 0.05) is 6.04 Å². The molecule has 1 aliphatic carbocycles. The molecule has 2 fully saturated rings. The van der Waals surface area contributed by atoms with Gasteiger partial charge in [0.1, 0.15) is 5.60 Å². The Morgan fingerprint density at radius 2 is 1.89 bits per heavy atom. The summed E-state index contributed by atoms with van der Waals surface area (Å²) in [5, 5.41) is 6.57. The molecule has 0 aromatic heterocycles. The van der Waals surface area contributed by atoms with E-state index in [-0.39, 0.29) is 12.1 Å². The molecule has 0 aromatic rings. The Morgan fingerprint density at radius 1 is 1.21 bits per heavy atom. The molecule has 110 valence electrons. The van der Waals surface area contributed by atoms with Crippen LogP contribution >= 0.6 is 0 Å². The molecule has 2 N–H and O–H groups in total. The van der Waals surface area contributed by atoms with Gasteiger partial charge in [-0.15, -0.1) is 0 Å². The summed E-state index contributed by atoms with van der Waals surface area (Å²) in [5.74, 6) is 0. The van der Waals surface area contributed by atoms with Gasteiger partial charge in [-0.2, -0.15) is 0 Å². The predicted octanol–water partition coefficient (Wildman–Crippen LogP) is 2.82. The molecule has 1 spiro atoms. The van der Waals surface area contributed by atoms with Crippen LogP contribution in [0, 0.1) is 5.41 Å². The van der Waals surface area contributed by atoms with E-state index in [1.54, 1.807) is 0 Å². The summed E-state index contributed by atoms with van der Waals surface area (Å²) in [6.45, 7) is 7.88. The number of carbonyl (C=O) groups is 1. The molecule has 0 radical (unpaired) electrons. The largest absolute Gasteiger partial charge is 0.444 e. The predicted molar refractivity (Wildman–Crippen MR) is 76.2 cm³/mol. The van der Waals surface area contributed by atoms with E-state index in [1.165, 1.54) is 32.1 Å². The van der Waals surface area contributed by atoms with E-state index in [1.807, 2.05) is 20.8 Å². The minimum atomic E-state index is -0.417. The van der Waals surface area contributed by atoms with Crippen LogP contribution in [0.15, 0.2) is 0 Å². The zero-order valence-corrected chi connectivity index (χ0v) is 12.6. The Hall–Kier alpha value is -0.770. The van der Waals surface area contributed by atoms with Gasteiger partial charge in [0.2, 0.25) is 0 Å². The Kier molecular flexibility index (Phi) is 4.39. The number of hydrogen-bond acceptors (Lipinski definition) is 3. The number of rotatable bonds is 1. The van der Waals surface area contributed by atoms with Crippen molar-refractivity contribution in [3.63, 3.8) is 0 Å². The topological polar surface area (TPSA) is 50.4 Å². The van der Waals surface area contributed by atoms with Gasteiger partial charge < -0.3 is 15.4 Å². The van der Waals surface area contributed by atoms with Crippen LogP contribution in [0.2, 0.25) is 0 Å². The normalized spacial score (nSPS) is 27.0. The molecule has 0 aromatic carbocycles. The second-order valence-electron chi connectivity index (χ2n) is 7.06. The lowest BCUT2D eigenvalue weighted by Crippen LogP contribution is -2.54. The van der Waals surface area contributed by atoms with Gasteiger partial charge in [0.15, 0.2) is 0 Å². The number of amides is 1. The zero-order valence-electron chi connectivity index (χ0n) is 12.6. The summed E-state index contributed by atoms with van der Waals surface area (Å²) in [6.07, 6.45) is 6.95. The van der Waals surface area contributed by atoms with Crippen molar-refractivity contribution in [2.24, 2.45) is 5.41 Å². The monoisotopic (exact) mass is 268 g/mol. The van der Waals surface area contributed by atoms with E-state index in [2.05, 4.69) is 10.6 Å². The van der Waals surface area contributed by atoms with Crippen molar-refractivity contribution in [2.45, 2.75) is 70.9 Å². The highest BCUT2D eigenvalue weighted by atomic mass is 16.6. The van der Waals surface area contributed by atoms with Crippen molar-refractivity contribution in [1.82, 2.24) is 10.6 Å². The third-order valence-electron chi connectivity index (χ3n) is 4.45. The first-order chi connectivity index (χ1) is 8.91. The summed E-state index contributed by atoms with van der Waals surface area (Å²) in [7, 11) is 0. The Morgan fingerprint density at radius 3 is 2.53 bits per heavy atom. The van der Waals surface area contributed by atoms with Crippen LogP contribution in [0.4, 0.5) is 4.79 Å². The van der Waals surface area contributed by atoms with E-state index in [0.29, 0.717) is 5.41 Å². The minimum absolute atomic E-state index is 0.252. The lowest BCUT2D eigenvalue weighted by Gasteiger charge is -2.47. The van der Waals surface area contributed by atoms with Crippen molar-refractivity contribution in [3.8, 4) is 0 Å². The van der Waals surface area contributed by atoms with Crippen LogP contribution in [0.25, 0.3) is 0 Å². The van der Waals surface area contributed by atoms with E-state index in [9.17, 15) is 4.79 Å². The quantitative estimate of drug-likeness (QED) is 0.769. The van der Waals surface area contributed by atoms with E-state index < -0.39 is 5.60 Å². The molecule has 1 atom stereocenters. The number of nitrogens with one attached hydrogen (secondary N) is 2. The Balaban J connectivity index is 1.98. The highest BCUT2D eigenvalue weighted by Gasteiger charge is 2.42. The number of carbonyl (C=O) groups excluding carboxylic acids is 1. The summed E-state index contributed by atoms with van der Waals surface area (Å²) in [4.78, 5) is 12.0. The highest BCUT2D eigenvalue weighted by molar-refractivity contribution is 5.68. The third kappa shape index (κ3) is 3.85. The smallest absolute Gasteiger partial charge is 0.407 e. The molecule has 2 aliphatic rings. The van der Waals surface area contributed by atoms with Crippen molar-refractivity contribution in [1.29, 1.82) is 0 Å². The fourth-order valence-electron chi connectivity index (χ4n) is 3.50. The third-order valence-corrected chi connectivity index (χ3v) is 4.45. The maximum absolute atomic E-state index is 12.0. The van der Waals surface area contributed by atoms with Crippen molar-refractivity contribution >= 4 is 6.09 Å². The molecule has 1 saturated carbocycles. The minimum Gasteiger partial charge on any atom is -0.444 e. The summed E-state index contributed by atoms with van der Waals surface area (Å²) in [5.41, 5.74) is -0.111. The van der Waals surface area contributed by atoms with Crippen LogP contribution in [0.1, 0.15) is 59.3 Å². The van der Waals surface area contributed by atoms with Crippen LogP contribution in [0.5, 0.6) is 0 Å². The molecule has 1 saturated heterocycles. The fraction of sp³-hybridized carbons (Fsp3) is 0.933. The number of hydrogen-bond donors (Lipinski definition) is 2. The first-order valence-corrected chi connectivity index (χ1v) is 7.62. The van der Waals surface area contributed by atoms with Gasteiger partial charge in [-0.25, -0.2) is 4.79 Å². The van der Waals surface area contributed by atoms with Crippen LogP contribution in [-0.4, -0.2) is 30.8 Å². The van der Waals surface area contributed by atoms with E-state index in [0.717, 1.165) is 19.5 Å². The molecule has 1 heterocycles. The average molecular weight is 268 g/mol. The van der Waals surface area contributed by atoms with Gasteiger partial charge in [-0.05, 0) is 65.0 Å². The van der Waals surface area contributed by atoms with Gasteiger partial charge in [0.05, 0.1) is 0 Å². The van der Waals surface area contributed by atoms with Crippen LogP contribution in [-0.2, 0) is 4.74 Å². The standard InChI is InChI=1S/C15H28N2O2/c1-14(2,3)19-13(18)17-12-6-4-5-7-15(12)8-10-16-11-9-15/h12,16H,4-11H2,1-3H3,(H,17,18)/t12-/m0/s1. The van der Waals surface area contributed by atoms with Gasteiger partial charge >= 0.3 is 6.09 Å². The van der Waals surface area contributed by atoms with E-state index in [4.69, 9.17) is 4.74 Å². The fourth-order valence-corrected chi connectivity index (χ4v) is 3.50. The van der Waals surface area contributed by atoms with Crippen LogP contribution in [0.3, 0.4) is 0 Å². The van der Waals surface area contributed by atoms with Crippen molar-refractivity contribution < 1.29 is 9.53 Å². The van der Waals surface area contributed by atoms with Crippen molar-refractivity contribution in [3.05, 3.63) is 0 Å². The van der Waals surface area contributed by atoms with Crippen LogP contribution < -0.4 is 10.6 Å². The van der Waals surface area contributed by atoms with E-state index >= 15 is 0 Å². The average Bonchev–Trinajstić information content (AvgIpc) is 2.31. The maximum Gasteiger partial charge on any atom is 0.407 e. The first kappa shape index (κ1) is 14.6. The Bertz CT molecular complexity index is 308. The number of ether oxygens (including phenoxy) is 1. The molecule has 4 heteroatoms. The van der Waals surface area contributed by atoms with Gasteiger partial charge in [0.25, 0.3) is 0 Å². The summed E-state index contributed by atoms with van der Waals surface area (Å²) in [6, 6.07) is 0.290.